The summed E-state index contributed by atoms with van der Waals surface area (Å²) in [4.78, 5) is 11.0. The largest absolute Gasteiger partial charge is 0.295 e. The van der Waals surface area contributed by atoms with E-state index in [1.807, 2.05) is 13.0 Å². The molecule has 0 spiro atoms. The lowest BCUT2D eigenvalue weighted by Gasteiger charge is -2.30. The predicted molar refractivity (Wildman–Crippen MR) is 96.8 cm³/mol. The first kappa shape index (κ1) is 19.2. The fourth-order valence-corrected chi connectivity index (χ4v) is 3.07. The van der Waals surface area contributed by atoms with E-state index >= 15 is 0 Å². The molecule has 0 bridgehead atoms. The number of hydrogen-bond donors (Lipinski definition) is 0. The summed E-state index contributed by atoms with van der Waals surface area (Å²) in [5, 5.41) is 9.52. The van der Waals surface area contributed by atoms with E-state index in [-0.39, 0.29) is 11.2 Å². The summed E-state index contributed by atoms with van der Waals surface area (Å²) in [5.41, 5.74) is 3.20. The van der Waals surface area contributed by atoms with Crippen LogP contribution < -0.4 is 0 Å². The van der Waals surface area contributed by atoms with Crippen molar-refractivity contribution >= 4 is 5.78 Å². The summed E-state index contributed by atoms with van der Waals surface area (Å²) in [6.45, 7) is 9.88. The Morgan fingerprint density at radius 2 is 2.13 bits per heavy atom. The van der Waals surface area contributed by atoms with Gasteiger partial charge >= 0.3 is 0 Å². The van der Waals surface area contributed by atoms with Gasteiger partial charge in [-0.05, 0) is 76.5 Å². The lowest BCUT2D eigenvalue weighted by Crippen LogP contribution is -2.21. The monoisotopic (exact) mass is 311 g/mol. The molecule has 23 heavy (non-hydrogen) atoms. The summed E-state index contributed by atoms with van der Waals surface area (Å²) in [6.07, 6.45) is 14.2. The van der Waals surface area contributed by atoms with Crippen molar-refractivity contribution in [2.75, 3.05) is 0 Å². The molecule has 1 rings (SSSR count). The quantitative estimate of drug-likeness (QED) is 0.467. The molecule has 2 atom stereocenters. The lowest BCUT2D eigenvalue weighted by molar-refractivity contribution is -0.112. The van der Waals surface area contributed by atoms with Crippen molar-refractivity contribution in [1.29, 1.82) is 5.26 Å². The van der Waals surface area contributed by atoms with Crippen molar-refractivity contribution in [2.45, 2.75) is 60.3 Å². The first-order valence-corrected chi connectivity index (χ1v) is 8.43. The van der Waals surface area contributed by atoms with Gasteiger partial charge in [-0.25, -0.2) is 0 Å². The van der Waals surface area contributed by atoms with Crippen LogP contribution in [-0.2, 0) is 4.79 Å². The highest BCUT2D eigenvalue weighted by atomic mass is 16.1. The van der Waals surface area contributed by atoms with E-state index in [0.29, 0.717) is 5.92 Å². The predicted octanol–water partition coefficient (Wildman–Crippen LogP) is 5.69. The van der Waals surface area contributed by atoms with E-state index in [2.05, 4.69) is 45.1 Å². The molecule has 2 unspecified atom stereocenters. The minimum absolute atomic E-state index is 0.0793. The van der Waals surface area contributed by atoms with Gasteiger partial charge in [0, 0.05) is 0 Å². The molecular weight excluding hydrogens is 282 g/mol. The highest BCUT2D eigenvalue weighted by Gasteiger charge is 2.31. The van der Waals surface area contributed by atoms with Gasteiger partial charge < -0.3 is 0 Å². The number of nitriles is 1. The Bertz CT molecular complexity index is 598. The van der Waals surface area contributed by atoms with Gasteiger partial charge in [-0.15, -0.1) is 0 Å². The fraction of sp³-hybridized carbons (Fsp3) is 0.524. The molecule has 0 aromatic rings. The third-order valence-electron chi connectivity index (χ3n) is 4.44. The minimum atomic E-state index is -0.338. The fourth-order valence-electron chi connectivity index (χ4n) is 3.07. The van der Waals surface area contributed by atoms with Crippen LogP contribution in [0.2, 0.25) is 0 Å². The number of nitrogens with zero attached hydrogens (tertiary/aromatic N) is 1. The maximum Gasteiger partial charge on any atom is 0.152 e. The average Bonchev–Trinajstić information content (AvgIpc) is 2.46. The zero-order valence-corrected chi connectivity index (χ0v) is 15.1. The Hall–Kier alpha value is -1.88. The van der Waals surface area contributed by atoms with Gasteiger partial charge in [0.15, 0.2) is 5.78 Å². The second-order valence-corrected chi connectivity index (χ2v) is 6.96. The molecule has 0 amide bonds. The normalized spacial score (nSPS) is 24.3. The second-order valence-electron chi connectivity index (χ2n) is 6.96. The zero-order valence-electron chi connectivity index (χ0n) is 15.1. The molecule has 0 heterocycles. The van der Waals surface area contributed by atoms with Gasteiger partial charge in [0.05, 0.1) is 11.5 Å². The second kappa shape index (κ2) is 8.67. The molecule has 0 radical (unpaired) electrons. The Labute approximate surface area is 141 Å². The van der Waals surface area contributed by atoms with Gasteiger partial charge in [-0.3, -0.25) is 4.79 Å². The van der Waals surface area contributed by atoms with Crippen molar-refractivity contribution in [3.05, 3.63) is 47.1 Å². The average molecular weight is 311 g/mol. The summed E-state index contributed by atoms with van der Waals surface area (Å²) in [5.74, 6) is 0.483. The van der Waals surface area contributed by atoms with E-state index in [1.165, 1.54) is 11.1 Å². The summed E-state index contributed by atoms with van der Waals surface area (Å²) >= 11 is 0. The Balaban J connectivity index is 2.71. The van der Waals surface area contributed by atoms with Crippen LogP contribution in [0, 0.1) is 22.7 Å². The van der Waals surface area contributed by atoms with Crippen molar-refractivity contribution in [3.63, 3.8) is 0 Å². The van der Waals surface area contributed by atoms with Crippen molar-refractivity contribution in [1.82, 2.24) is 0 Å². The van der Waals surface area contributed by atoms with Gasteiger partial charge in [-0.2, -0.15) is 5.26 Å². The number of carbonyl (C=O) groups excluding carboxylic acids is 1. The molecule has 0 N–H and O–H groups in total. The molecule has 2 nitrogen and oxygen atoms in total. The van der Waals surface area contributed by atoms with Gasteiger partial charge in [0.2, 0.25) is 0 Å². The van der Waals surface area contributed by atoms with Gasteiger partial charge in [0.25, 0.3) is 0 Å². The van der Waals surface area contributed by atoms with Gasteiger partial charge in [-0.1, -0.05) is 36.8 Å². The van der Waals surface area contributed by atoms with E-state index in [0.717, 1.165) is 31.3 Å². The minimum Gasteiger partial charge on any atom is -0.295 e. The number of carbonyl (C=O) groups is 1. The first-order valence-electron chi connectivity index (χ1n) is 8.43. The van der Waals surface area contributed by atoms with Crippen molar-refractivity contribution in [3.8, 4) is 6.07 Å². The highest BCUT2D eigenvalue weighted by Crippen LogP contribution is 2.40. The van der Waals surface area contributed by atoms with Crippen LogP contribution >= 0.6 is 0 Å². The molecule has 0 aromatic carbocycles. The smallest absolute Gasteiger partial charge is 0.152 e. The third-order valence-corrected chi connectivity index (χ3v) is 4.44. The van der Waals surface area contributed by atoms with E-state index in [9.17, 15) is 10.1 Å². The number of hydrogen-bond acceptors (Lipinski definition) is 2. The molecule has 124 valence electrons. The molecule has 0 saturated heterocycles. The summed E-state index contributed by atoms with van der Waals surface area (Å²) in [6, 6.07) is 2.50. The Morgan fingerprint density at radius 1 is 1.43 bits per heavy atom. The van der Waals surface area contributed by atoms with Crippen molar-refractivity contribution in [2.24, 2.45) is 11.3 Å². The molecule has 2 heteroatoms. The topological polar surface area (TPSA) is 40.9 Å². The molecule has 1 aliphatic rings. The number of ketones is 1. The first-order chi connectivity index (χ1) is 10.8. The molecule has 0 saturated carbocycles. The molecule has 0 aromatic heterocycles. The maximum atomic E-state index is 11.0. The Kier molecular flexibility index (Phi) is 7.23. The highest BCUT2D eigenvalue weighted by molar-refractivity contribution is 5.88. The standard InChI is InChI=1S/C21H29NO/c1-16(8-6-9-17(2)14-19(4)23)11-12-20-18(3)10-7-13-21(20,5)15-22/h6,9,11-12,14,16H,7-8,10,13H2,1-5H3/b9-6+,12-11+,17-14+. The third kappa shape index (κ3) is 6.02. The van der Waals surface area contributed by atoms with Gasteiger partial charge in [0.1, 0.15) is 0 Å². The van der Waals surface area contributed by atoms with Crippen LogP contribution in [0.1, 0.15) is 60.3 Å². The van der Waals surface area contributed by atoms with Crippen LogP contribution in [0.3, 0.4) is 0 Å². The SMILES string of the molecule is CC(=O)/C=C(C)/C=C/CC(C)/C=C/C1=C(C)CCCC1(C)C#N. The molecule has 0 fully saturated rings. The number of allylic oxidation sites excluding steroid dienone is 8. The van der Waals surface area contributed by atoms with E-state index in [4.69, 9.17) is 0 Å². The molecule has 1 aliphatic carbocycles. The lowest BCUT2D eigenvalue weighted by atomic mass is 9.72. The number of rotatable bonds is 6. The zero-order chi connectivity index (χ0) is 17.5. The van der Waals surface area contributed by atoms with Crippen molar-refractivity contribution < 1.29 is 4.79 Å². The van der Waals surface area contributed by atoms with E-state index < -0.39 is 0 Å². The van der Waals surface area contributed by atoms with Crippen LogP contribution in [0.4, 0.5) is 0 Å². The van der Waals surface area contributed by atoms with E-state index in [1.54, 1.807) is 13.0 Å². The Morgan fingerprint density at radius 3 is 2.74 bits per heavy atom. The van der Waals surface area contributed by atoms with Crippen LogP contribution in [0.25, 0.3) is 0 Å². The van der Waals surface area contributed by atoms with Crippen LogP contribution in [0.15, 0.2) is 47.1 Å². The summed E-state index contributed by atoms with van der Waals surface area (Å²) in [7, 11) is 0. The maximum absolute atomic E-state index is 11.0. The summed E-state index contributed by atoms with van der Waals surface area (Å²) < 4.78 is 0. The molecular formula is C21H29NO. The van der Waals surface area contributed by atoms with Crippen LogP contribution in [-0.4, -0.2) is 5.78 Å². The molecule has 0 aliphatic heterocycles. The van der Waals surface area contributed by atoms with Crippen LogP contribution in [0.5, 0.6) is 0 Å².